The van der Waals surface area contributed by atoms with Crippen molar-refractivity contribution in [2.75, 3.05) is 7.11 Å². The molecular formula is C14H21NO3. The van der Waals surface area contributed by atoms with Gasteiger partial charge in [-0.3, -0.25) is 4.79 Å². The number of rotatable bonds is 4. The second-order valence-corrected chi connectivity index (χ2v) is 5.17. The van der Waals surface area contributed by atoms with E-state index in [-0.39, 0.29) is 11.4 Å². The molecule has 1 unspecified atom stereocenters. The number of hydrogen-bond acceptors (Lipinski definition) is 3. The molecule has 1 N–H and O–H groups in total. The van der Waals surface area contributed by atoms with Crippen molar-refractivity contribution in [1.82, 2.24) is 5.32 Å². The summed E-state index contributed by atoms with van der Waals surface area (Å²) in [5.74, 6) is 1.28. The molecule has 0 aliphatic rings. The molecule has 0 bridgehead atoms. The van der Waals surface area contributed by atoms with Crippen molar-refractivity contribution in [3.63, 3.8) is 0 Å². The monoisotopic (exact) mass is 251 g/mol. The highest BCUT2D eigenvalue weighted by Gasteiger charge is 2.20. The molecule has 4 nitrogen and oxygen atoms in total. The Morgan fingerprint density at radius 1 is 1.17 bits per heavy atom. The number of benzene rings is 1. The number of carbonyl (C=O) groups is 1. The Morgan fingerprint density at radius 2 is 1.67 bits per heavy atom. The summed E-state index contributed by atoms with van der Waals surface area (Å²) in [6, 6.07) is 7.15. The van der Waals surface area contributed by atoms with Crippen LogP contribution in [0.5, 0.6) is 11.5 Å². The van der Waals surface area contributed by atoms with Crippen molar-refractivity contribution in [2.45, 2.75) is 39.3 Å². The highest BCUT2D eigenvalue weighted by atomic mass is 16.5. The van der Waals surface area contributed by atoms with E-state index in [1.165, 1.54) is 0 Å². The molecule has 0 aromatic heterocycles. The Hall–Kier alpha value is -1.71. The molecular weight excluding hydrogens is 230 g/mol. The molecule has 1 aromatic rings. The van der Waals surface area contributed by atoms with Gasteiger partial charge in [-0.1, -0.05) is 0 Å². The van der Waals surface area contributed by atoms with E-state index in [1.54, 1.807) is 38.3 Å². The summed E-state index contributed by atoms with van der Waals surface area (Å²) in [7, 11) is 1.61. The first-order valence-corrected chi connectivity index (χ1v) is 5.94. The average Bonchev–Trinajstić information content (AvgIpc) is 2.27. The summed E-state index contributed by atoms with van der Waals surface area (Å²) in [6.45, 7) is 7.53. The van der Waals surface area contributed by atoms with Crippen molar-refractivity contribution in [1.29, 1.82) is 0 Å². The van der Waals surface area contributed by atoms with Crippen LogP contribution in [0.3, 0.4) is 0 Å². The largest absolute Gasteiger partial charge is 0.497 e. The van der Waals surface area contributed by atoms with Crippen LogP contribution in [-0.2, 0) is 4.79 Å². The molecule has 4 heteroatoms. The summed E-state index contributed by atoms with van der Waals surface area (Å²) in [4.78, 5) is 11.8. The highest BCUT2D eigenvalue weighted by Crippen LogP contribution is 2.18. The van der Waals surface area contributed by atoms with E-state index in [2.05, 4.69) is 5.32 Å². The number of nitrogens with one attached hydrogen (secondary N) is 1. The Kier molecular flexibility index (Phi) is 4.59. The Labute approximate surface area is 108 Å². The molecule has 0 spiro atoms. The molecule has 1 aromatic carbocycles. The zero-order valence-electron chi connectivity index (χ0n) is 11.6. The van der Waals surface area contributed by atoms with Crippen LogP contribution in [0.15, 0.2) is 24.3 Å². The third-order valence-corrected chi connectivity index (χ3v) is 2.24. The van der Waals surface area contributed by atoms with Gasteiger partial charge in [0.15, 0.2) is 6.10 Å². The first-order valence-electron chi connectivity index (χ1n) is 5.94. The second kappa shape index (κ2) is 5.76. The van der Waals surface area contributed by atoms with Crippen LogP contribution in [0.25, 0.3) is 0 Å². The van der Waals surface area contributed by atoms with E-state index >= 15 is 0 Å². The van der Waals surface area contributed by atoms with Gasteiger partial charge in [0.25, 0.3) is 5.91 Å². The van der Waals surface area contributed by atoms with Crippen LogP contribution in [0.4, 0.5) is 0 Å². The maximum atomic E-state index is 11.8. The minimum Gasteiger partial charge on any atom is -0.497 e. The summed E-state index contributed by atoms with van der Waals surface area (Å²) in [6.07, 6.45) is -0.530. The van der Waals surface area contributed by atoms with E-state index in [0.29, 0.717) is 5.75 Å². The highest BCUT2D eigenvalue weighted by molar-refractivity contribution is 5.81. The molecule has 0 radical (unpaired) electrons. The molecule has 0 fully saturated rings. The van der Waals surface area contributed by atoms with Crippen molar-refractivity contribution < 1.29 is 14.3 Å². The lowest BCUT2D eigenvalue weighted by molar-refractivity contribution is -0.128. The normalized spacial score (nSPS) is 12.7. The number of carbonyl (C=O) groups excluding carboxylic acids is 1. The lowest BCUT2D eigenvalue weighted by Gasteiger charge is -2.23. The number of amides is 1. The predicted octanol–water partition coefficient (Wildman–Crippen LogP) is 2.38. The fourth-order valence-corrected chi connectivity index (χ4v) is 1.38. The molecule has 0 aliphatic heterocycles. The van der Waals surface area contributed by atoms with Crippen LogP contribution < -0.4 is 14.8 Å². The third-order valence-electron chi connectivity index (χ3n) is 2.24. The zero-order chi connectivity index (χ0) is 13.8. The predicted molar refractivity (Wildman–Crippen MR) is 71.0 cm³/mol. The Bertz CT molecular complexity index is 392. The maximum absolute atomic E-state index is 11.8. The second-order valence-electron chi connectivity index (χ2n) is 5.17. The molecule has 0 saturated carbocycles. The minimum absolute atomic E-state index is 0.127. The summed E-state index contributed by atoms with van der Waals surface area (Å²) < 4.78 is 10.6. The fraction of sp³-hybridized carbons (Fsp3) is 0.500. The first kappa shape index (κ1) is 14.4. The fourth-order valence-electron chi connectivity index (χ4n) is 1.38. The van der Waals surface area contributed by atoms with Crippen molar-refractivity contribution in [3.05, 3.63) is 24.3 Å². The molecule has 0 aliphatic carbocycles. The minimum atomic E-state index is -0.530. The van der Waals surface area contributed by atoms with E-state index in [0.717, 1.165) is 5.75 Å². The average molecular weight is 251 g/mol. The van der Waals surface area contributed by atoms with Crippen molar-refractivity contribution in [2.24, 2.45) is 0 Å². The van der Waals surface area contributed by atoms with Crippen molar-refractivity contribution >= 4 is 5.91 Å². The third kappa shape index (κ3) is 4.65. The topological polar surface area (TPSA) is 47.6 Å². The van der Waals surface area contributed by atoms with Gasteiger partial charge < -0.3 is 14.8 Å². The van der Waals surface area contributed by atoms with Gasteiger partial charge in [0.2, 0.25) is 0 Å². The van der Waals surface area contributed by atoms with E-state index in [4.69, 9.17) is 9.47 Å². The van der Waals surface area contributed by atoms with Crippen molar-refractivity contribution in [3.8, 4) is 11.5 Å². The first-order chi connectivity index (χ1) is 8.31. The smallest absolute Gasteiger partial charge is 0.261 e. The van der Waals surface area contributed by atoms with E-state index < -0.39 is 6.10 Å². The molecule has 18 heavy (non-hydrogen) atoms. The van der Waals surface area contributed by atoms with E-state index in [9.17, 15) is 4.79 Å². The van der Waals surface area contributed by atoms with Gasteiger partial charge in [0.1, 0.15) is 11.5 Å². The Morgan fingerprint density at radius 3 is 2.11 bits per heavy atom. The molecule has 1 atom stereocenters. The summed E-state index contributed by atoms with van der Waals surface area (Å²) in [5.41, 5.74) is -0.255. The van der Waals surface area contributed by atoms with Gasteiger partial charge in [0, 0.05) is 5.54 Å². The molecule has 100 valence electrons. The van der Waals surface area contributed by atoms with Gasteiger partial charge >= 0.3 is 0 Å². The van der Waals surface area contributed by atoms with Gasteiger partial charge in [-0.05, 0) is 52.0 Å². The molecule has 0 saturated heterocycles. The van der Waals surface area contributed by atoms with E-state index in [1.807, 2.05) is 20.8 Å². The van der Waals surface area contributed by atoms with Crippen LogP contribution in [0, 0.1) is 0 Å². The summed E-state index contributed by atoms with van der Waals surface area (Å²) in [5, 5.41) is 2.87. The van der Waals surface area contributed by atoms with Gasteiger partial charge in [0.05, 0.1) is 7.11 Å². The van der Waals surface area contributed by atoms with Crippen LogP contribution >= 0.6 is 0 Å². The van der Waals surface area contributed by atoms with Gasteiger partial charge in [-0.15, -0.1) is 0 Å². The Balaban J connectivity index is 2.58. The number of methoxy groups -OCH3 is 1. The number of hydrogen-bond donors (Lipinski definition) is 1. The lowest BCUT2D eigenvalue weighted by atomic mass is 10.1. The van der Waals surface area contributed by atoms with Gasteiger partial charge in [-0.2, -0.15) is 0 Å². The quantitative estimate of drug-likeness (QED) is 0.893. The molecule has 0 heterocycles. The molecule has 1 rings (SSSR count). The summed E-state index contributed by atoms with van der Waals surface area (Å²) >= 11 is 0. The van der Waals surface area contributed by atoms with Crippen LogP contribution in [-0.4, -0.2) is 24.7 Å². The standard InChI is InChI=1S/C14H21NO3/c1-10(13(16)15-14(2,3)4)18-12-8-6-11(17-5)7-9-12/h6-10H,1-5H3,(H,15,16). The SMILES string of the molecule is COc1ccc(OC(C)C(=O)NC(C)(C)C)cc1. The maximum Gasteiger partial charge on any atom is 0.261 e. The number of ether oxygens (including phenoxy) is 2. The van der Waals surface area contributed by atoms with Crippen LogP contribution in [0.1, 0.15) is 27.7 Å². The van der Waals surface area contributed by atoms with Gasteiger partial charge in [-0.25, -0.2) is 0 Å². The lowest BCUT2D eigenvalue weighted by Crippen LogP contribution is -2.46. The van der Waals surface area contributed by atoms with Crippen LogP contribution in [0.2, 0.25) is 0 Å². The molecule has 1 amide bonds. The zero-order valence-corrected chi connectivity index (χ0v) is 11.6.